The molecule has 3 N–H and O–H groups in total. The number of carbonyl (C=O) groups excluding carboxylic acids is 3. The summed E-state index contributed by atoms with van der Waals surface area (Å²) in [5.41, 5.74) is 0.503. The number of carbonyl (C=O) groups is 3. The molecule has 4 rings (SSSR count). The average Bonchev–Trinajstić information content (AvgIpc) is 3.39. The molecule has 0 aliphatic carbocycles. The lowest BCUT2D eigenvalue weighted by Crippen LogP contribution is -2.61. The van der Waals surface area contributed by atoms with Crippen LogP contribution in [-0.2, 0) is 20.8 Å². The van der Waals surface area contributed by atoms with Crippen molar-refractivity contribution in [1.82, 2.24) is 15.5 Å². The average molecular weight is 530 g/mol. The van der Waals surface area contributed by atoms with E-state index in [-0.39, 0.29) is 40.9 Å². The van der Waals surface area contributed by atoms with Crippen molar-refractivity contribution in [3.63, 3.8) is 0 Å². The summed E-state index contributed by atoms with van der Waals surface area (Å²) < 4.78 is -0.703. The van der Waals surface area contributed by atoms with Gasteiger partial charge >= 0.3 is 0 Å². The van der Waals surface area contributed by atoms with Gasteiger partial charge in [0, 0.05) is 17.8 Å². The zero-order chi connectivity index (χ0) is 27.3. The van der Waals surface area contributed by atoms with Crippen molar-refractivity contribution in [3.8, 4) is 0 Å². The Kier molecular flexibility index (Phi) is 7.49. The Bertz CT molecular complexity index is 1040. The molecular weight excluding hydrogens is 486 g/mol. The summed E-state index contributed by atoms with van der Waals surface area (Å²) in [4.78, 5) is 43.3. The highest BCUT2D eigenvalue weighted by Crippen LogP contribution is 2.68. The number of aliphatic hydroxyl groups excluding tert-OH is 1. The van der Waals surface area contributed by atoms with Gasteiger partial charge in [-0.05, 0) is 50.0 Å². The molecule has 3 amide bonds. The number of amides is 3. The van der Waals surface area contributed by atoms with Crippen LogP contribution >= 0.6 is 11.8 Å². The maximum Gasteiger partial charge on any atom is 0.244 e. The van der Waals surface area contributed by atoms with Crippen molar-refractivity contribution >= 4 is 29.5 Å². The summed E-state index contributed by atoms with van der Waals surface area (Å²) in [5, 5.41) is 16.6. The largest absolute Gasteiger partial charge is 0.394 e. The Morgan fingerprint density at radius 1 is 1.16 bits per heavy atom. The number of aliphatic hydroxyl groups is 1. The first kappa shape index (κ1) is 28.0. The van der Waals surface area contributed by atoms with Crippen LogP contribution in [0.4, 0.5) is 0 Å². The Labute approximate surface area is 225 Å². The maximum absolute atomic E-state index is 14.3. The summed E-state index contributed by atoms with van der Waals surface area (Å²) in [6.07, 6.45) is 1.99. The first-order valence-electron chi connectivity index (χ1n) is 13.4. The van der Waals surface area contributed by atoms with E-state index in [1.54, 1.807) is 23.7 Å². The second-order valence-corrected chi connectivity index (χ2v) is 14.6. The van der Waals surface area contributed by atoms with E-state index in [0.29, 0.717) is 6.42 Å². The molecule has 8 heteroatoms. The fourth-order valence-corrected chi connectivity index (χ4v) is 9.94. The van der Waals surface area contributed by atoms with Crippen LogP contribution in [0.25, 0.3) is 0 Å². The van der Waals surface area contributed by atoms with Crippen LogP contribution in [-0.4, -0.2) is 69.0 Å². The molecule has 37 heavy (non-hydrogen) atoms. The van der Waals surface area contributed by atoms with Gasteiger partial charge in [0.2, 0.25) is 17.7 Å². The fraction of sp³-hybridized carbons (Fsp3) is 0.690. The molecule has 3 saturated heterocycles. The van der Waals surface area contributed by atoms with E-state index in [1.165, 1.54) is 0 Å². The molecule has 0 radical (unpaired) electrons. The van der Waals surface area contributed by atoms with Gasteiger partial charge in [0.15, 0.2) is 0 Å². The van der Waals surface area contributed by atoms with E-state index in [0.717, 1.165) is 18.4 Å². The van der Waals surface area contributed by atoms with Crippen LogP contribution in [0.3, 0.4) is 0 Å². The number of hydrogen-bond donors (Lipinski definition) is 3. The standard InChI is InChI=1S/C29H43N3O4S/c1-17-13-20-21(24(34)30-7)22-26(36)32(19(15-33)14-18-11-9-8-10-12-18)23(29(17,22)37-20)25(35)31-28(5,6)16-27(2,3)4/h8-12,17,19-23,33H,13-16H2,1-7H3,(H,30,34)(H,31,35)/t17?,19-,20+,21-,22+,23?,29?/m1/s1. The van der Waals surface area contributed by atoms with Crippen molar-refractivity contribution in [2.45, 2.75) is 88.4 Å². The third kappa shape index (κ3) is 4.91. The first-order valence-corrected chi connectivity index (χ1v) is 14.3. The monoisotopic (exact) mass is 529 g/mol. The Morgan fingerprint density at radius 3 is 2.38 bits per heavy atom. The second-order valence-electron chi connectivity index (χ2n) is 13.0. The number of nitrogens with one attached hydrogen (secondary N) is 2. The normalized spacial score (nSPS) is 31.8. The van der Waals surface area contributed by atoms with Gasteiger partial charge in [0.25, 0.3) is 0 Å². The number of fused-ring (bicyclic) bond motifs is 1. The highest BCUT2D eigenvalue weighted by molar-refractivity contribution is 8.02. The lowest BCUT2D eigenvalue weighted by molar-refractivity contribution is -0.143. The molecule has 3 fully saturated rings. The van der Waals surface area contributed by atoms with Gasteiger partial charge in [-0.3, -0.25) is 14.4 Å². The Hall–Kier alpha value is -2.06. The van der Waals surface area contributed by atoms with Gasteiger partial charge in [-0.2, -0.15) is 0 Å². The van der Waals surface area contributed by atoms with E-state index in [1.807, 2.05) is 44.2 Å². The van der Waals surface area contributed by atoms with Crippen LogP contribution in [0, 0.1) is 23.2 Å². The molecule has 7 atom stereocenters. The number of benzene rings is 1. The molecule has 3 aliphatic heterocycles. The first-order chi connectivity index (χ1) is 17.3. The van der Waals surface area contributed by atoms with E-state index in [2.05, 4.69) is 38.3 Å². The molecule has 3 heterocycles. The van der Waals surface area contributed by atoms with Crippen LogP contribution in [0.2, 0.25) is 0 Å². The van der Waals surface area contributed by atoms with Crippen molar-refractivity contribution < 1.29 is 19.5 Å². The number of rotatable bonds is 8. The Morgan fingerprint density at radius 2 is 1.81 bits per heavy atom. The lowest BCUT2D eigenvalue weighted by Gasteiger charge is -2.42. The second kappa shape index (κ2) is 9.92. The minimum Gasteiger partial charge on any atom is -0.394 e. The van der Waals surface area contributed by atoms with Crippen LogP contribution < -0.4 is 10.6 Å². The molecule has 1 aromatic carbocycles. The molecule has 0 saturated carbocycles. The SMILES string of the molecule is CNC(=O)[C@@H]1[C@@H]2CC(C)C3(S2)C(C(=O)NC(C)(C)CC(C)(C)C)N([C@@H](CO)Cc2ccccc2)C(=O)[C@H]13. The van der Waals surface area contributed by atoms with Gasteiger partial charge in [0.05, 0.1) is 29.2 Å². The third-order valence-electron chi connectivity index (χ3n) is 8.33. The zero-order valence-corrected chi connectivity index (χ0v) is 24.0. The number of nitrogens with zero attached hydrogens (tertiary/aromatic N) is 1. The Balaban J connectivity index is 1.77. The van der Waals surface area contributed by atoms with Gasteiger partial charge in [-0.25, -0.2) is 0 Å². The minimum atomic E-state index is -0.759. The smallest absolute Gasteiger partial charge is 0.244 e. The predicted molar refractivity (Wildman–Crippen MR) is 147 cm³/mol. The summed E-state index contributed by atoms with van der Waals surface area (Å²) in [7, 11) is 1.61. The highest BCUT2D eigenvalue weighted by atomic mass is 32.2. The van der Waals surface area contributed by atoms with Crippen molar-refractivity contribution in [2.75, 3.05) is 13.7 Å². The van der Waals surface area contributed by atoms with Gasteiger partial charge in [-0.15, -0.1) is 11.8 Å². The topological polar surface area (TPSA) is 98.7 Å². The van der Waals surface area contributed by atoms with E-state index in [9.17, 15) is 19.5 Å². The van der Waals surface area contributed by atoms with Crippen LogP contribution in [0.5, 0.6) is 0 Å². The summed E-state index contributed by atoms with van der Waals surface area (Å²) >= 11 is 1.66. The highest BCUT2D eigenvalue weighted by Gasteiger charge is 2.76. The van der Waals surface area contributed by atoms with Crippen LogP contribution in [0.15, 0.2) is 30.3 Å². The summed E-state index contributed by atoms with van der Waals surface area (Å²) in [6.45, 7) is 12.3. The zero-order valence-electron chi connectivity index (χ0n) is 23.2. The molecule has 0 aromatic heterocycles. The number of likely N-dealkylation sites (tertiary alicyclic amines) is 1. The predicted octanol–water partition coefficient (Wildman–Crippen LogP) is 3.00. The molecule has 3 aliphatic rings. The minimum absolute atomic E-state index is 0.00188. The quantitative estimate of drug-likeness (QED) is 0.481. The molecular formula is C29H43N3O4S. The number of hydrogen-bond acceptors (Lipinski definition) is 5. The van der Waals surface area contributed by atoms with E-state index < -0.39 is 34.2 Å². The van der Waals surface area contributed by atoms with Crippen molar-refractivity contribution in [2.24, 2.45) is 23.2 Å². The van der Waals surface area contributed by atoms with Crippen LogP contribution in [0.1, 0.15) is 59.9 Å². The number of thioether (sulfide) groups is 1. The lowest BCUT2D eigenvalue weighted by atomic mass is 9.65. The van der Waals surface area contributed by atoms with Gasteiger partial charge in [0.1, 0.15) is 6.04 Å². The molecule has 1 spiro atoms. The summed E-state index contributed by atoms with van der Waals surface area (Å²) in [6, 6.07) is 8.42. The fourth-order valence-electron chi connectivity index (χ4n) is 7.53. The maximum atomic E-state index is 14.3. The molecule has 1 aromatic rings. The van der Waals surface area contributed by atoms with Gasteiger partial charge < -0.3 is 20.6 Å². The van der Waals surface area contributed by atoms with Gasteiger partial charge in [-0.1, -0.05) is 58.0 Å². The molecule has 2 bridgehead atoms. The molecule has 7 nitrogen and oxygen atoms in total. The van der Waals surface area contributed by atoms with Crippen molar-refractivity contribution in [1.29, 1.82) is 0 Å². The van der Waals surface area contributed by atoms with E-state index in [4.69, 9.17) is 0 Å². The third-order valence-corrected chi connectivity index (χ3v) is 10.4. The van der Waals surface area contributed by atoms with Crippen molar-refractivity contribution in [3.05, 3.63) is 35.9 Å². The molecule has 204 valence electrons. The summed E-state index contributed by atoms with van der Waals surface area (Å²) in [5.74, 6) is -1.48. The molecule has 3 unspecified atom stereocenters. The van der Waals surface area contributed by atoms with E-state index >= 15 is 0 Å².